The summed E-state index contributed by atoms with van der Waals surface area (Å²) in [6.07, 6.45) is 6.64. The summed E-state index contributed by atoms with van der Waals surface area (Å²) in [7, 11) is 1.46. The molecule has 0 bridgehead atoms. The van der Waals surface area contributed by atoms with Gasteiger partial charge in [0.05, 0.1) is 7.11 Å². The lowest BCUT2D eigenvalue weighted by Gasteiger charge is -2.36. The molecule has 0 N–H and O–H groups in total. The summed E-state index contributed by atoms with van der Waals surface area (Å²) in [4.78, 5) is 12.8. The lowest BCUT2D eigenvalue weighted by atomic mass is 9.72. The van der Waals surface area contributed by atoms with Crippen LogP contribution in [0.5, 0.6) is 5.75 Å². The highest BCUT2D eigenvalue weighted by Gasteiger charge is 2.46. The van der Waals surface area contributed by atoms with Gasteiger partial charge in [0.1, 0.15) is 16.9 Å². The number of carbonyl (C=O) groups excluding carboxylic acids is 1. The van der Waals surface area contributed by atoms with Crippen molar-refractivity contribution in [2.45, 2.75) is 39.0 Å². The second kappa shape index (κ2) is 8.22. The van der Waals surface area contributed by atoms with Crippen LogP contribution < -0.4 is 4.74 Å². The fraction of sp³-hybridized carbons (Fsp3) is 0.348. The van der Waals surface area contributed by atoms with Crippen LogP contribution in [0, 0.1) is 12.3 Å². The van der Waals surface area contributed by atoms with Gasteiger partial charge in [0, 0.05) is 0 Å². The van der Waals surface area contributed by atoms with Crippen LogP contribution in [-0.4, -0.2) is 13.1 Å². The molecule has 1 aliphatic rings. The first kappa shape index (κ1) is 18.2. The average Bonchev–Trinajstić information content (AvgIpc) is 2.70. The Kier molecular flexibility index (Phi) is 5.77. The van der Waals surface area contributed by atoms with Gasteiger partial charge in [-0.05, 0) is 43.5 Å². The number of benzene rings is 2. The van der Waals surface area contributed by atoms with Gasteiger partial charge >= 0.3 is 5.97 Å². The third-order valence-corrected chi connectivity index (χ3v) is 5.10. The Morgan fingerprint density at radius 3 is 2.23 bits per heavy atom. The van der Waals surface area contributed by atoms with Crippen molar-refractivity contribution in [1.29, 1.82) is 0 Å². The van der Waals surface area contributed by atoms with Crippen LogP contribution in [0.4, 0.5) is 0 Å². The molecule has 2 aromatic carbocycles. The number of hydrogen-bond acceptors (Lipinski definition) is 3. The number of esters is 1. The lowest BCUT2D eigenvalue weighted by Crippen LogP contribution is -2.38. The standard InChI is InChI=1S/C23H26O3/c1-18-11-13-19(14-12-18)17-21(26-20-9-5-3-6-10-20)23(22(24)25-2)15-7-4-8-16-23/h3,5-6,9-14,17H,4,7-8,15-16H2,1-2H3/b21-17+. The first-order chi connectivity index (χ1) is 12.6. The molecule has 0 atom stereocenters. The molecule has 136 valence electrons. The van der Waals surface area contributed by atoms with Gasteiger partial charge in [-0.2, -0.15) is 0 Å². The van der Waals surface area contributed by atoms with Gasteiger partial charge in [-0.15, -0.1) is 0 Å². The Bertz CT molecular complexity index is 754. The molecule has 0 spiro atoms. The summed E-state index contributed by atoms with van der Waals surface area (Å²) in [6.45, 7) is 2.06. The van der Waals surface area contributed by atoms with Crippen molar-refractivity contribution >= 4 is 12.0 Å². The van der Waals surface area contributed by atoms with Gasteiger partial charge in [0.15, 0.2) is 0 Å². The normalized spacial score (nSPS) is 16.8. The van der Waals surface area contributed by atoms with E-state index in [0.717, 1.165) is 43.4 Å². The molecular weight excluding hydrogens is 324 g/mol. The lowest BCUT2D eigenvalue weighted by molar-refractivity contribution is -0.153. The van der Waals surface area contributed by atoms with Crippen molar-refractivity contribution in [1.82, 2.24) is 0 Å². The molecule has 3 nitrogen and oxygen atoms in total. The maximum Gasteiger partial charge on any atom is 0.319 e. The molecule has 1 fully saturated rings. The molecule has 2 aromatic rings. The first-order valence-corrected chi connectivity index (χ1v) is 9.24. The number of rotatable bonds is 5. The zero-order valence-electron chi connectivity index (χ0n) is 15.5. The number of aryl methyl sites for hydroxylation is 1. The molecule has 0 amide bonds. The molecule has 0 aliphatic heterocycles. The average molecular weight is 350 g/mol. The molecule has 0 unspecified atom stereocenters. The minimum atomic E-state index is -0.715. The Morgan fingerprint density at radius 2 is 1.62 bits per heavy atom. The van der Waals surface area contributed by atoms with E-state index in [0.29, 0.717) is 5.76 Å². The number of methoxy groups -OCH3 is 1. The number of ether oxygens (including phenoxy) is 2. The fourth-order valence-corrected chi connectivity index (χ4v) is 3.60. The zero-order valence-corrected chi connectivity index (χ0v) is 15.5. The van der Waals surface area contributed by atoms with Gasteiger partial charge in [-0.1, -0.05) is 67.3 Å². The molecule has 26 heavy (non-hydrogen) atoms. The second-order valence-corrected chi connectivity index (χ2v) is 6.97. The highest BCUT2D eigenvalue weighted by Crippen LogP contribution is 2.45. The van der Waals surface area contributed by atoms with Crippen LogP contribution in [0.1, 0.15) is 43.2 Å². The van der Waals surface area contributed by atoms with Crippen LogP contribution in [-0.2, 0) is 9.53 Å². The molecule has 1 saturated carbocycles. The highest BCUT2D eigenvalue weighted by atomic mass is 16.5. The zero-order chi connectivity index (χ0) is 18.4. The molecular formula is C23H26O3. The van der Waals surface area contributed by atoms with E-state index in [2.05, 4.69) is 31.2 Å². The molecule has 0 radical (unpaired) electrons. The topological polar surface area (TPSA) is 35.5 Å². The maximum absolute atomic E-state index is 12.8. The molecule has 3 rings (SSSR count). The SMILES string of the molecule is COC(=O)C1(/C(=C\c2ccc(C)cc2)Oc2ccccc2)CCCCC1. The first-order valence-electron chi connectivity index (χ1n) is 9.24. The molecule has 1 aliphatic carbocycles. The van der Waals surface area contributed by atoms with E-state index in [-0.39, 0.29) is 5.97 Å². The molecule has 0 heterocycles. The highest BCUT2D eigenvalue weighted by molar-refractivity contribution is 5.82. The van der Waals surface area contributed by atoms with Crippen LogP contribution in [0.2, 0.25) is 0 Å². The number of hydrogen-bond donors (Lipinski definition) is 0. The van der Waals surface area contributed by atoms with E-state index >= 15 is 0 Å². The smallest absolute Gasteiger partial charge is 0.319 e. The summed E-state index contributed by atoms with van der Waals surface area (Å²) in [6, 6.07) is 17.9. The van der Waals surface area contributed by atoms with E-state index in [1.54, 1.807) is 0 Å². The largest absolute Gasteiger partial charge is 0.468 e. The Balaban J connectivity index is 2.05. The fourth-order valence-electron chi connectivity index (χ4n) is 3.60. The van der Waals surface area contributed by atoms with Gasteiger partial charge in [-0.3, -0.25) is 4.79 Å². The van der Waals surface area contributed by atoms with E-state index in [4.69, 9.17) is 9.47 Å². The van der Waals surface area contributed by atoms with Crippen LogP contribution >= 0.6 is 0 Å². The third-order valence-electron chi connectivity index (χ3n) is 5.10. The molecule has 0 saturated heterocycles. The Morgan fingerprint density at radius 1 is 0.962 bits per heavy atom. The summed E-state index contributed by atoms with van der Waals surface area (Å²) in [5.41, 5.74) is 1.51. The minimum absolute atomic E-state index is 0.202. The van der Waals surface area contributed by atoms with E-state index < -0.39 is 5.41 Å². The van der Waals surface area contributed by atoms with E-state index in [1.165, 1.54) is 12.7 Å². The quantitative estimate of drug-likeness (QED) is 0.525. The predicted molar refractivity (Wildman–Crippen MR) is 104 cm³/mol. The van der Waals surface area contributed by atoms with Crippen molar-refractivity contribution in [2.24, 2.45) is 5.41 Å². The summed E-state index contributed by atoms with van der Waals surface area (Å²) in [5.74, 6) is 1.21. The van der Waals surface area contributed by atoms with Crippen molar-refractivity contribution in [3.05, 3.63) is 71.5 Å². The third kappa shape index (κ3) is 3.98. The van der Waals surface area contributed by atoms with Crippen LogP contribution in [0.25, 0.3) is 6.08 Å². The van der Waals surface area contributed by atoms with E-state index in [9.17, 15) is 4.79 Å². The van der Waals surface area contributed by atoms with Gasteiger partial charge < -0.3 is 9.47 Å². The minimum Gasteiger partial charge on any atom is -0.468 e. The second-order valence-electron chi connectivity index (χ2n) is 6.97. The monoisotopic (exact) mass is 350 g/mol. The van der Waals surface area contributed by atoms with Crippen molar-refractivity contribution in [3.8, 4) is 5.75 Å². The van der Waals surface area contributed by atoms with Gasteiger partial charge in [0.2, 0.25) is 0 Å². The van der Waals surface area contributed by atoms with Crippen molar-refractivity contribution in [3.63, 3.8) is 0 Å². The summed E-state index contributed by atoms with van der Waals surface area (Å²) < 4.78 is 11.5. The summed E-state index contributed by atoms with van der Waals surface area (Å²) in [5, 5.41) is 0. The molecule has 0 aromatic heterocycles. The van der Waals surface area contributed by atoms with Gasteiger partial charge in [-0.25, -0.2) is 0 Å². The van der Waals surface area contributed by atoms with Crippen LogP contribution in [0.15, 0.2) is 60.4 Å². The maximum atomic E-state index is 12.8. The van der Waals surface area contributed by atoms with Crippen molar-refractivity contribution in [2.75, 3.05) is 7.11 Å². The van der Waals surface area contributed by atoms with E-state index in [1.807, 2.05) is 36.4 Å². The van der Waals surface area contributed by atoms with Crippen LogP contribution in [0.3, 0.4) is 0 Å². The number of para-hydroxylation sites is 1. The Labute approximate surface area is 155 Å². The van der Waals surface area contributed by atoms with Gasteiger partial charge in [0.25, 0.3) is 0 Å². The Hall–Kier alpha value is -2.55. The number of carbonyl (C=O) groups is 1. The summed E-state index contributed by atoms with van der Waals surface area (Å²) >= 11 is 0. The predicted octanol–water partition coefficient (Wildman–Crippen LogP) is 5.54. The van der Waals surface area contributed by atoms with Crippen molar-refractivity contribution < 1.29 is 14.3 Å². The molecule has 3 heteroatoms.